The molecule has 0 aromatic heterocycles. The first-order chi connectivity index (χ1) is 14.4. The van der Waals surface area contributed by atoms with Gasteiger partial charge >= 0.3 is 0 Å². The molecular weight excluding hydrogens is 390 g/mol. The monoisotopic (exact) mass is 411 g/mol. The van der Waals surface area contributed by atoms with Gasteiger partial charge in [0.05, 0.1) is 11.5 Å². The third-order valence-electron chi connectivity index (χ3n) is 4.38. The number of nitro benzene ring substituents is 1. The van der Waals surface area contributed by atoms with Crippen molar-refractivity contribution >= 4 is 23.6 Å². The van der Waals surface area contributed by atoms with Gasteiger partial charge in [-0.3, -0.25) is 30.6 Å². The second kappa shape index (κ2) is 9.08. The van der Waals surface area contributed by atoms with E-state index in [9.17, 15) is 19.7 Å². The second-order valence-electron chi connectivity index (χ2n) is 6.64. The van der Waals surface area contributed by atoms with Crippen LogP contribution < -0.4 is 20.3 Å². The van der Waals surface area contributed by atoms with Crippen LogP contribution in [-0.2, 0) is 11.2 Å². The lowest BCUT2D eigenvalue weighted by molar-refractivity contribution is -0.384. The summed E-state index contributed by atoms with van der Waals surface area (Å²) >= 11 is 0. The first-order valence-corrected chi connectivity index (χ1v) is 9.36. The highest BCUT2D eigenvalue weighted by molar-refractivity contribution is 5.98. The van der Waals surface area contributed by atoms with Crippen LogP contribution in [0.2, 0.25) is 0 Å². The van der Waals surface area contributed by atoms with Gasteiger partial charge in [0.15, 0.2) is 0 Å². The molecule has 0 aliphatic carbocycles. The summed E-state index contributed by atoms with van der Waals surface area (Å²) in [4.78, 5) is 34.2. The molecule has 0 unspecified atom stereocenters. The van der Waals surface area contributed by atoms with E-state index in [1.54, 1.807) is 6.08 Å². The van der Waals surface area contributed by atoms with Crippen LogP contribution in [0.5, 0.6) is 11.5 Å². The molecule has 0 spiro atoms. The lowest BCUT2D eigenvalue weighted by Crippen LogP contribution is -2.40. The van der Waals surface area contributed by atoms with E-state index < -0.39 is 16.7 Å². The Kier molecular flexibility index (Phi) is 6.31. The average Bonchev–Trinajstić information content (AvgIpc) is 3.09. The van der Waals surface area contributed by atoms with Crippen molar-refractivity contribution in [3.05, 3.63) is 69.3 Å². The first-order valence-electron chi connectivity index (χ1n) is 9.36. The Balaban J connectivity index is 1.62. The standard InChI is InChI=1S/C21H21N3O6/c1-3-29-18-12-16-10-13(2)30-19(16)11-15(18)6-9-20(25)22-23-21(26)14-4-7-17(8-5-14)24(27)28/h4-9,11-13H,3,10H2,1-2H3,(H,22,25)(H,23,26)/b9-6+/t13-/m0/s1. The van der Waals surface area contributed by atoms with Crippen LogP contribution in [0.15, 0.2) is 42.5 Å². The lowest BCUT2D eigenvalue weighted by atomic mass is 10.1. The minimum Gasteiger partial charge on any atom is -0.493 e. The van der Waals surface area contributed by atoms with Crippen molar-refractivity contribution < 1.29 is 24.0 Å². The van der Waals surface area contributed by atoms with Crippen molar-refractivity contribution in [1.82, 2.24) is 10.9 Å². The van der Waals surface area contributed by atoms with Gasteiger partial charge in [-0.2, -0.15) is 0 Å². The fourth-order valence-electron chi connectivity index (χ4n) is 3.00. The van der Waals surface area contributed by atoms with Crippen molar-refractivity contribution in [3.63, 3.8) is 0 Å². The van der Waals surface area contributed by atoms with E-state index in [2.05, 4.69) is 10.9 Å². The number of nitrogens with zero attached hydrogens (tertiary/aromatic N) is 1. The molecule has 9 nitrogen and oxygen atoms in total. The van der Waals surface area contributed by atoms with Gasteiger partial charge < -0.3 is 9.47 Å². The maximum atomic E-state index is 12.1. The van der Waals surface area contributed by atoms with E-state index in [1.807, 2.05) is 26.0 Å². The molecule has 1 aliphatic rings. The number of hydrazine groups is 1. The van der Waals surface area contributed by atoms with E-state index in [0.717, 1.165) is 17.7 Å². The Hall–Kier alpha value is -3.88. The average molecular weight is 411 g/mol. The molecule has 30 heavy (non-hydrogen) atoms. The maximum Gasteiger partial charge on any atom is 0.269 e. The van der Waals surface area contributed by atoms with Gasteiger partial charge in [-0.15, -0.1) is 0 Å². The predicted octanol–water partition coefficient (Wildman–Crippen LogP) is 2.79. The number of hydrogen-bond acceptors (Lipinski definition) is 6. The Labute approximate surface area is 172 Å². The minimum absolute atomic E-state index is 0.0895. The van der Waals surface area contributed by atoms with Gasteiger partial charge in [0, 0.05) is 41.3 Å². The van der Waals surface area contributed by atoms with Gasteiger partial charge in [-0.05, 0) is 44.2 Å². The summed E-state index contributed by atoms with van der Waals surface area (Å²) in [7, 11) is 0. The normalized spacial score (nSPS) is 14.7. The summed E-state index contributed by atoms with van der Waals surface area (Å²) in [6.07, 6.45) is 3.73. The molecule has 2 aromatic carbocycles. The first kappa shape index (κ1) is 20.8. The summed E-state index contributed by atoms with van der Waals surface area (Å²) in [5, 5.41) is 10.7. The van der Waals surface area contributed by atoms with Crippen LogP contribution in [0, 0.1) is 10.1 Å². The van der Waals surface area contributed by atoms with Gasteiger partial charge in [-0.25, -0.2) is 0 Å². The number of benzene rings is 2. The SMILES string of the molecule is CCOc1cc2c(cc1/C=C/C(=O)NNC(=O)c1ccc([N+](=O)[O-])cc1)O[C@@H](C)C2. The Morgan fingerprint density at radius 1 is 1.27 bits per heavy atom. The largest absolute Gasteiger partial charge is 0.493 e. The summed E-state index contributed by atoms with van der Waals surface area (Å²) in [5.41, 5.74) is 6.31. The molecule has 3 rings (SSSR count). The predicted molar refractivity (Wildman–Crippen MR) is 109 cm³/mol. The summed E-state index contributed by atoms with van der Waals surface area (Å²) in [5.74, 6) is 0.259. The van der Waals surface area contributed by atoms with Crippen molar-refractivity contribution in [3.8, 4) is 11.5 Å². The highest BCUT2D eigenvalue weighted by Crippen LogP contribution is 2.35. The number of ether oxygens (including phenoxy) is 2. The van der Waals surface area contributed by atoms with E-state index in [0.29, 0.717) is 17.9 Å². The fourth-order valence-corrected chi connectivity index (χ4v) is 3.00. The van der Waals surface area contributed by atoms with Crippen LogP contribution in [0.4, 0.5) is 5.69 Å². The zero-order chi connectivity index (χ0) is 21.7. The van der Waals surface area contributed by atoms with Crippen molar-refractivity contribution in [1.29, 1.82) is 0 Å². The van der Waals surface area contributed by atoms with Crippen LogP contribution in [0.1, 0.15) is 35.3 Å². The molecule has 0 bridgehead atoms. The number of carbonyl (C=O) groups is 2. The quantitative estimate of drug-likeness (QED) is 0.428. The summed E-state index contributed by atoms with van der Waals surface area (Å²) in [6.45, 7) is 4.34. The highest BCUT2D eigenvalue weighted by Gasteiger charge is 2.21. The molecule has 1 aliphatic heterocycles. The van der Waals surface area contributed by atoms with E-state index in [-0.39, 0.29) is 17.4 Å². The molecule has 2 N–H and O–H groups in total. The van der Waals surface area contributed by atoms with Crippen LogP contribution >= 0.6 is 0 Å². The smallest absolute Gasteiger partial charge is 0.269 e. The number of amides is 2. The van der Waals surface area contributed by atoms with Crippen molar-refractivity contribution in [2.45, 2.75) is 26.4 Å². The third-order valence-corrected chi connectivity index (χ3v) is 4.38. The summed E-state index contributed by atoms with van der Waals surface area (Å²) in [6, 6.07) is 8.76. The number of hydrogen-bond donors (Lipinski definition) is 2. The molecule has 2 amide bonds. The summed E-state index contributed by atoms with van der Waals surface area (Å²) < 4.78 is 11.4. The van der Waals surface area contributed by atoms with Crippen molar-refractivity contribution in [2.24, 2.45) is 0 Å². The molecule has 9 heteroatoms. The fraction of sp³-hybridized carbons (Fsp3) is 0.238. The molecule has 0 saturated heterocycles. The third kappa shape index (κ3) is 4.93. The number of non-ortho nitro benzene ring substituents is 1. The van der Waals surface area contributed by atoms with Crippen LogP contribution in [0.3, 0.4) is 0 Å². The van der Waals surface area contributed by atoms with E-state index in [1.165, 1.54) is 30.3 Å². The van der Waals surface area contributed by atoms with E-state index >= 15 is 0 Å². The number of carbonyl (C=O) groups excluding carboxylic acids is 2. The molecular formula is C21H21N3O6. The van der Waals surface area contributed by atoms with Gasteiger partial charge in [0.1, 0.15) is 17.6 Å². The van der Waals surface area contributed by atoms with Gasteiger partial charge in [-0.1, -0.05) is 0 Å². The Morgan fingerprint density at radius 2 is 2.00 bits per heavy atom. The molecule has 0 fully saturated rings. The molecule has 1 atom stereocenters. The Bertz CT molecular complexity index is 1000. The molecule has 1 heterocycles. The highest BCUT2D eigenvalue weighted by atomic mass is 16.6. The Morgan fingerprint density at radius 3 is 2.67 bits per heavy atom. The lowest BCUT2D eigenvalue weighted by Gasteiger charge is -2.10. The number of rotatable bonds is 6. The molecule has 156 valence electrons. The molecule has 0 radical (unpaired) electrons. The van der Waals surface area contributed by atoms with Gasteiger partial charge in [0.25, 0.3) is 17.5 Å². The molecule has 0 saturated carbocycles. The second-order valence-corrected chi connectivity index (χ2v) is 6.64. The van der Waals surface area contributed by atoms with E-state index in [4.69, 9.17) is 9.47 Å². The van der Waals surface area contributed by atoms with Crippen LogP contribution in [-0.4, -0.2) is 29.4 Å². The topological polar surface area (TPSA) is 120 Å². The van der Waals surface area contributed by atoms with Gasteiger partial charge in [0.2, 0.25) is 0 Å². The zero-order valence-corrected chi connectivity index (χ0v) is 16.5. The number of nitrogens with one attached hydrogen (secondary N) is 2. The number of nitro groups is 1. The van der Waals surface area contributed by atoms with Crippen LogP contribution in [0.25, 0.3) is 6.08 Å². The zero-order valence-electron chi connectivity index (χ0n) is 16.5. The number of fused-ring (bicyclic) bond motifs is 1. The maximum absolute atomic E-state index is 12.1. The molecule has 2 aromatic rings. The van der Waals surface area contributed by atoms with Crippen molar-refractivity contribution in [2.75, 3.05) is 6.61 Å². The minimum atomic E-state index is -0.596.